The molecular weight excluding hydrogens is 330 g/mol. The van der Waals surface area contributed by atoms with Gasteiger partial charge in [0.15, 0.2) is 0 Å². The Hall–Kier alpha value is -1.79. The lowest BCUT2D eigenvalue weighted by molar-refractivity contribution is -0.141. The molecular formula is C17H22ClN3O3. The number of likely N-dealkylation sites (tertiary alicyclic amines) is 1. The Kier molecular flexibility index (Phi) is 5.58. The first-order valence-corrected chi connectivity index (χ1v) is 8.69. The number of urea groups is 1. The van der Waals surface area contributed by atoms with Gasteiger partial charge in [-0.05, 0) is 31.0 Å². The van der Waals surface area contributed by atoms with Gasteiger partial charge in [-0.15, -0.1) is 0 Å². The zero-order chi connectivity index (χ0) is 16.9. The molecule has 7 heteroatoms. The van der Waals surface area contributed by atoms with Crippen LogP contribution in [0.3, 0.4) is 0 Å². The number of nitrogens with zero attached hydrogens (tertiary/aromatic N) is 2. The van der Waals surface area contributed by atoms with Gasteiger partial charge in [-0.2, -0.15) is 0 Å². The summed E-state index contributed by atoms with van der Waals surface area (Å²) in [4.78, 5) is 28.6. The van der Waals surface area contributed by atoms with Crippen LogP contribution in [0.2, 0.25) is 5.02 Å². The first-order valence-electron chi connectivity index (χ1n) is 8.31. The summed E-state index contributed by atoms with van der Waals surface area (Å²) >= 11 is 5.94. The highest BCUT2D eigenvalue weighted by atomic mass is 35.5. The summed E-state index contributed by atoms with van der Waals surface area (Å²) in [6.07, 6.45) is 1.67. The number of amides is 3. The van der Waals surface area contributed by atoms with Gasteiger partial charge >= 0.3 is 6.03 Å². The van der Waals surface area contributed by atoms with Gasteiger partial charge in [0.05, 0.1) is 19.1 Å². The minimum atomic E-state index is -0.184. The highest BCUT2D eigenvalue weighted by Crippen LogP contribution is 2.21. The number of nitrogens with one attached hydrogen (secondary N) is 1. The van der Waals surface area contributed by atoms with E-state index < -0.39 is 0 Å². The smallest absolute Gasteiger partial charge is 0.321 e. The number of halogens is 1. The summed E-state index contributed by atoms with van der Waals surface area (Å²) in [5.74, 6) is 0.0144. The van der Waals surface area contributed by atoms with Crippen LogP contribution < -0.4 is 5.32 Å². The normalized spacial score (nSPS) is 21.5. The quantitative estimate of drug-likeness (QED) is 0.890. The van der Waals surface area contributed by atoms with Crippen LogP contribution in [-0.2, 0) is 9.53 Å². The van der Waals surface area contributed by atoms with Gasteiger partial charge in [0.25, 0.3) is 0 Å². The van der Waals surface area contributed by atoms with Crippen molar-refractivity contribution in [1.29, 1.82) is 0 Å². The fourth-order valence-electron chi connectivity index (χ4n) is 3.17. The van der Waals surface area contributed by atoms with Crippen molar-refractivity contribution >= 4 is 29.2 Å². The summed E-state index contributed by atoms with van der Waals surface area (Å²) in [7, 11) is 0. The molecule has 0 saturated carbocycles. The lowest BCUT2D eigenvalue weighted by atomic mass is 9.96. The second kappa shape index (κ2) is 7.85. The molecule has 0 radical (unpaired) electrons. The first kappa shape index (κ1) is 17.0. The Morgan fingerprint density at radius 3 is 2.71 bits per heavy atom. The summed E-state index contributed by atoms with van der Waals surface area (Å²) < 4.78 is 5.29. The van der Waals surface area contributed by atoms with Crippen LogP contribution in [0, 0.1) is 5.92 Å². The fraction of sp³-hybridized carbons (Fsp3) is 0.529. The van der Waals surface area contributed by atoms with E-state index in [1.165, 1.54) is 0 Å². The SMILES string of the molecule is O=C(Nc1cccc(Cl)c1)N1CCCC(C(=O)N2CCOCC2)C1. The number of hydrogen-bond donors (Lipinski definition) is 1. The number of ether oxygens (including phenoxy) is 1. The molecule has 2 aliphatic rings. The largest absolute Gasteiger partial charge is 0.378 e. The molecule has 6 nitrogen and oxygen atoms in total. The van der Waals surface area contributed by atoms with E-state index in [0.717, 1.165) is 12.8 Å². The molecule has 1 unspecified atom stereocenters. The van der Waals surface area contributed by atoms with Crippen molar-refractivity contribution in [3.8, 4) is 0 Å². The number of hydrogen-bond acceptors (Lipinski definition) is 3. The Balaban J connectivity index is 1.58. The third kappa shape index (κ3) is 4.19. The Morgan fingerprint density at radius 2 is 1.96 bits per heavy atom. The molecule has 3 amide bonds. The lowest BCUT2D eigenvalue weighted by Crippen LogP contribution is -2.50. The molecule has 0 spiro atoms. The second-order valence-corrected chi connectivity index (χ2v) is 6.60. The van der Waals surface area contributed by atoms with Crippen LogP contribution in [-0.4, -0.2) is 61.1 Å². The number of benzene rings is 1. The van der Waals surface area contributed by atoms with Crippen molar-refractivity contribution in [1.82, 2.24) is 9.80 Å². The van der Waals surface area contributed by atoms with Crippen molar-refractivity contribution in [3.63, 3.8) is 0 Å². The molecule has 24 heavy (non-hydrogen) atoms. The highest BCUT2D eigenvalue weighted by molar-refractivity contribution is 6.30. The van der Waals surface area contributed by atoms with E-state index in [0.29, 0.717) is 50.1 Å². The zero-order valence-corrected chi connectivity index (χ0v) is 14.3. The van der Waals surface area contributed by atoms with Crippen molar-refractivity contribution in [2.45, 2.75) is 12.8 Å². The lowest BCUT2D eigenvalue weighted by Gasteiger charge is -2.36. The van der Waals surface area contributed by atoms with E-state index in [4.69, 9.17) is 16.3 Å². The number of morpholine rings is 1. The molecule has 0 aliphatic carbocycles. The van der Waals surface area contributed by atoms with E-state index >= 15 is 0 Å². The van der Waals surface area contributed by atoms with Gasteiger partial charge in [0.2, 0.25) is 5.91 Å². The number of piperidine rings is 1. The summed E-state index contributed by atoms with van der Waals surface area (Å²) in [6, 6.07) is 6.87. The molecule has 2 aliphatic heterocycles. The number of carbonyl (C=O) groups excluding carboxylic acids is 2. The van der Waals surface area contributed by atoms with Crippen LogP contribution in [0.1, 0.15) is 12.8 Å². The average molecular weight is 352 g/mol. The van der Waals surface area contributed by atoms with Gasteiger partial charge in [0.1, 0.15) is 0 Å². The fourth-order valence-corrected chi connectivity index (χ4v) is 3.36. The average Bonchev–Trinajstić information content (AvgIpc) is 2.62. The van der Waals surface area contributed by atoms with Crippen molar-refractivity contribution in [2.75, 3.05) is 44.7 Å². The molecule has 2 saturated heterocycles. The molecule has 0 bridgehead atoms. The molecule has 130 valence electrons. The monoisotopic (exact) mass is 351 g/mol. The molecule has 0 aromatic heterocycles. The molecule has 3 rings (SSSR count). The third-order valence-corrected chi connectivity index (χ3v) is 4.69. The maximum absolute atomic E-state index is 12.6. The van der Waals surface area contributed by atoms with Gasteiger partial charge in [-0.25, -0.2) is 4.79 Å². The Morgan fingerprint density at radius 1 is 1.17 bits per heavy atom. The van der Waals surface area contributed by atoms with E-state index in [9.17, 15) is 9.59 Å². The number of anilines is 1. The Bertz CT molecular complexity index is 604. The topological polar surface area (TPSA) is 61.9 Å². The summed E-state index contributed by atoms with van der Waals surface area (Å²) in [5.41, 5.74) is 0.661. The van der Waals surface area contributed by atoms with Gasteiger partial charge in [-0.3, -0.25) is 4.79 Å². The summed E-state index contributed by atoms with van der Waals surface area (Å²) in [5, 5.41) is 3.42. The summed E-state index contributed by atoms with van der Waals surface area (Å²) in [6.45, 7) is 3.60. The van der Waals surface area contributed by atoms with E-state index in [1.807, 2.05) is 4.90 Å². The van der Waals surface area contributed by atoms with Crippen LogP contribution in [0.25, 0.3) is 0 Å². The third-order valence-electron chi connectivity index (χ3n) is 4.46. The molecule has 1 aromatic carbocycles. The number of rotatable bonds is 2. The molecule has 1 aromatic rings. The van der Waals surface area contributed by atoms with E-state index in [-0.39, 0.29) is 17.9 Å². The van der Waals surface area contributed by atoms with Crippen LogP contribution in [0.15, 0.2) is 24.3 Å². The van der Waals surface area contributed by atoms with Crippen LogP contribution in [0.5, 0.6) is 0 Å². The minimum absolute atomic E-state index is 0.123. The van der Waals surface area contributed by atoms with Crippen LogP contribution in [0.4, 0.5) is 10.5 Å². The molecule has 2 heterocycles. The first-order chi connectivity index (χ1) is 11.6. The van der Waals surface area contributed by atoms with Crippen molar-refractivity contribution in [3.05, 3.63) is 29.3 Å². The number of carbonyl (C=O) groups is 2. The standard InChI is InChI=1S/C17H22ClN3O3/c18-14-4-1-5-15(11-14)19-17(23)21-6-2-3-13(12-21)16(22)20-7-9-24-10-8-20/h1,4-5,11,13H,2-3,6-10,12H2,(H,19,23). The molecule has 1 N–H and O–H groups in total. The van der Waals surface area contributed by atoms with Gasteiger partial charge < -0.3 is 19.9 Å². The minimum Gasteiger partial charge on any atom is -0.378 e. The molecule has 2 fully saturated rings. The zero-order valence-electron chi connectivity index (χ0n) is 13.5. The second-order valence-electron chi connectivity index (χ2n) is 6.16. The van der Waals surface area contributed by atoms with Crippen LogP contribution >= 0.6 is 11.6 Å². The predicted octanol–water partition coefficient (Wildman–Crippen LogP) is 2.44. The Labute approximate surface area is 146 Å². The van der Waals surface area contributed by atoms with Crippen molar-refractivity contribution < 1.29 is 14.3 Å². The maximum atomic E-state index is 12.6. The van der Waals surface area contributed by atoms with Crippen molar-refractivity contribution in [2.24, 2.45) is 5.92 Å². The predicted molar refractivity (Wildman–Crippen MR) is 92.2 cm³/mol. The maximum Gasteiger partial charge on any atom is 0.321 e. The van der Waals surface area contributed by atoms with Gasteiger partial charge in [-0.1, -0.05) is 17.7 Å². The van der Waals surface area contributed by atoms with E-state index in [2.05, 4.69) is 5.32 Å². The van der Waals surface area contributed by atoms with E-state index in [1.54, 1.807) is 29.2 Å². The molecule has 1 atom stereocenters. The van der Waals surface area contributed by atoms with Gasteiger partial charge in [0, 0.05) is 36.9 Å². The highest BCUT2D eigenvalue weighted by Gasteiger charge is 2.31.